The minimum absolute atomic E-state index is 0.00657. The van der Waals surface area contributed by atoms with E-state index in [1.165, 1.54) is 37.5 Å². The maximum atomic E-state index is 13.0. The minimum Gasteiger partial charge on any atom is -0.493 e. The standard InChI is InChI=1S/C24H23FIN3O4/c1-32-21-12-15(10-16(13-27)24(31)29-18-4-2-3-5-18)11-20(26)23(21)33-14-22(30)28-19-8-6-17(25)7-9-19/h6-12,18H,2-5,14H2,1H3,(H,28,30)(H,29,31)/b16-10-. The Morgan fingerprint density at radius 2 is 1.94 bits per heavy atom. The maximum absolute atomic E-state index is 13.0. The van der Waals surface area contributed by atoms with Crippen molar-refractivity contribution in [1.29, 1.82) is 5.26 Å². The number of hydrogen-bond donors (Lipinski definition) is 2. The van der Waals surface area contributed by atoms with Gasteiger partial charge in [0.2, 0.25) is 0 Å². The molecule has 2 aromatic rings. The van der Waals surface area contributed by atoms with Crippen molar-refractivity contribution in [2.45, 2.75) is 31.7 Å². The number of rotatable bonds is 8. The molecule has 0 aliphatic heterocycles. The third-order valence-corrected chi connectivity index (χ3v) is 5.90. The SMILES string of the molecule is COc1cc(/C=C(/C#N)C(=O)NC2CCCC2)cc(I)c1OCC(=O)Nc1ccc(F)cc1. The summed E-state index contributed by atoms with van der Waals surface area (Å²) in [7, 11) is 1.46. The van der Waals surface area contributed by atoms with E-state index in [4.69, 9.17) is 9.47 Å². The molecule has 2 amide bonds. The predicted molar refractivity (Wildman–Crippen MR) is 130 cm³/mol. The summed E-state index contributed by atoms with van der Waals surface area (Å²) in [5.74, 6) is -0.488. The molecule has 0 spiro atoms. The lowest BCUT2D eigenvalue weighted by atomic mass is 10.1. The van der Waals surface area contributed by atoms with Crippen LogP contribution in [-0.4, -0.2) is 31.6 Å². The second-order valence-corrected chi connectivity index (χ2v) is 8.66. The van der Waals surface area contributed by atoms with Gasteiger partial charge >= 0.3 is 0 Å². The molecule has 1 saturated carbocycles. The lowest BCUT2D eigenvalue weighted by Gasteiger charge is -2.14. The summed E-state index contributed by atoms with van der Waals surface area (Å²) in [6.07, 6.45) is 5.51. The van der Waals surface area contributed by atoms with Crippen molar-refractivity contribution in [2.24, 2.45) is 0 Å². The molecule has 172 valence electrons. The van der Waals surface area contributed by atoms with Gasteiger partial charge in [-0.05, 0) is 83.5 Å². The van der Waals surface area contributed by atoms with Crippen molar-refractivity contribution in [2.75, 3.05) is 19.0 Å². The van der Waals surface area contributed by atoms with Gasteiger partial charge in [-0.25, -0.2) is 4.39 Å². The molecule has 0 radical (unpaired) electrons. The highest BCUT2D eigenvalue weighted by atomic mass is 127. The highest BCUT2D eigenvalue weighted by molar-refractivity contribution is 14.1. The number of benzene rings is 2. The van der Waals surface area contributed by atoms with Gasteiger partial charge < -0.3 is 20.1 Å². The Bertz CT molecular complexity index is 1090. The monoisotopic (exact) mass is 563 g/mol. The molecule has 2 N–H and O–H groups in total. The van der Waals surface area contributed by atoms with Crippen molar-refractivity contribution in [3.63, 3.8) is 0 Å². The predicted octanol–water partition coefficient (Wildman–Crippen LogP) is 4.42. The van der Waals surface area contributed by atoms with E-state index in [9.17, 15) is 19.2 Å². The van der Waals surface area contributed by atoms with Crippen LogP contribution in [0, 0.1) is 20.7 Å². The van der Waals surface area contributed by atoms with E-state index < -0.39 is 17.6 Å². The van der Waals surface area contributed by atoms with E-state index in [1.54, 1.807) is 12.1 Å². The first kappa shape index (κ1) is 24.5. The van der Waals surface area contributed by atoms with Crippen LogP contribution in [0.3, 0.4) is 0 Å². The molecule has 1 aliphatic carbocycles. The zero-order valence-corrected chi connectivity index (χ0v) is 20.1. The highest BCUT2D eigenvalue weighted by Gasteiger charge is 2.20. The van der Waals surface area contributed by atoms with Crippen LogP contribution in [-0.2, 0) is 9.59 Å². The molecule has 0 atom stereocenters. The first-order chi connectivity index (χ1) is 15.9. The van der Waals surface area contributed by atoms with E-state index in [0.29, 0.717) is 26.3 Å². The summed E-state index contributed by atoms with van der Waals surface area (Å²) in [5, 5.41) is 15.0. The summed E-state index contributed by atoms with van der Waals surface area (Å²) in [5.41, 5.74) is 1.05. The minimum atomic E-state index is -0.418. The van der Waals surface area contributed by atoms with Crippen molar-refractivity contribution < 1.29 is 23.5 Å². The summed E-state index contributed by atoms with van der Waals surface area (Å²) in [6.45, 7) is -0.286. The van der Waals surface area contributed by atoms with E-state index in [0.717, 1.165) is 25.7 Å². The number of amides is 2. The molecule has 2 aromatic carbocycles. The summed E-state index contributed by atoms with van der Waals surface area (Å²) < 4.78 is 24.7. The largest absolute Gasteiger partial charge is 0.493 e. The lowest BCUT2D eigenvalue weighted by Crippen LogP contribution is -2.33. The fraction of sp³-hybridized carbons (Fsp3) is 0.292. The summed E-state index contributed by atoms with van der Waals surface area (Å²) in [6, 6.07) is 10.8. The van der Waals surface area contributed by atoms with Crippen LogP contribution >= 0.6 is 22.6 Å². The topological polar surface area (TPSA) is 100 Å². The molecule has 0 heterocycles. The number of methoxy groups -OCH3 is 1. The Morgan fingerprint density at radius 3 is 2.58 bits per heavy atom. The number of carbonyl (C=O) groups is 2. The Morgan fingerprint density at radius 1 is 1.24 bits per heavy atom. The van der Waals surface area contributed by atoms with Crippen LogP contribution in [0.2, 0.25) is 0 Å². The Hall–Kier alpha value is -3.13. The van der Waals surface area contributed by atoms with E-state index in [-0.39, 0.29) is 18.2 Å². The van der Waals surface area contributed by atoms with Gasteiger partial charge in [-0.3, -0.25) is 9.59 Å². The van der Waals surface area contributed by atoms with Gasteiger partial charge in [0.25, 0.3) is 11.8 Å². The fourth-order valence-electron chi connectivity index (χ4n) is 3.48. The van der Waals surface area contributed by atoms with Crippen LogP contribution in [0.25, 0.3) is 6.08 Å². The van der Waals surface area contributed by atoms with Gasteiger partial charge in [-0.2, -0.15) is 5.26 Å². The molecular formula is C24H23FIN3O4. The lowest BCUT2D eigenvalue weighted by molar-refractivity contribution is -0.118. The normalized spacial score (nSPS) is 13.8. The second-order valence-electron chi connectivity index (χ2n) is 7.50. The molecule has 0 aromatic heterocycles. The number of nitrogens with one attached hydrogen (secondary N) is 2. The smallest absolute Gasteiger partial charge is 0.262 e. The van der Waals surface area contributed by atoms with Crippen molar-refractivity contribution >= 4 is 46.2 Å². The first-order valence-electron chi connectivity index (χ1n) is 10.4. The van der Waals surface area contributed by atoms with Crippen LogP contribution in [0.4, 0.5) is 10.1 Å². The van der Waals surface area contributed by atoms with Crippen LogP contribution in [0.1, 0.15) is 31.2 Å². The molecule has 1 aliphatic rings. The van der Waals surface area contributed by atoms with Gasteiger partial charge in [0.1, 0.15) is 17.5 Å². The van der Waals surface area contributed by atoms with Crippen LogP contribution in [0.5, 0.6) is 11.5 Å². The van der Waals surface area contributed by atoms with Crippen molar-refractivity contribution in [1.82, 2.24) is 5.32 Å². The number of nitrogens with zero attached hydrogens (tertiary/aromatic N) is 1. The zero-order chi connectivity index (χ0) is 23.8. The Balaban J connectivity index is 1.69. The Labute approximate surface area is 205 Å². The summed E-state index contributed by atoms with van der Waals surface area (Å²) in [4.78, 5) is 24.6. The highest BCUT2D eigenvalue weighted by Crippen LogP contribution is 2.34. The number of halogens is 2. The van der Waals surface area contributed by atoms with Gasteiger partial charge in [0, 0.05) is 11.7 Å². The average Bonchev–Trinajstić information content (AvgIpc) is 3.30. The number of nitriles is 1. The molecule has 1 fully saturated rings. The second kappa shape index (κ2) is 11.7. The molecule has 0 saturated heterocycles. The van der Waals surface area contributed by atoms with Gasteiger partial charge in [0.05, 0.1) is 10.7 Å². The third kappa shape index (κ3) is 6.92. The quantitative estimate of drug-likeness (QED) is 0.282. The molecule has 7 nitrogen and oxygen atoms in total. The van der Waals surface area contributed by atoms with E-state index in [1.807, 2.05) is 28.7 Å². The number of hydrogen-bond acceptors (Lipinski definition) is 5. The maximum Gasteiger partial charge on any atom is 0.262 e. The van der Waals surface area contributed by atoms with Gasteiger partial charge in [-0.15, -0.1) is 0 Å². The van der Waals surface area contributed by atoms with Crippen molar-refractivity contribution in [3.8, 4) is 17.6 Å². The van der Waals surface area contributed by atoms with Crippen molar-refractivity contribution in [3.05, 3.63) is 56.9 Å². The first-order valence-corrected chi connectivity index (χ1v) is 11.5. The Kier molecular flexibility index (Phi) is 8.65. The molecule has 3 rings (SSSR count). The number of carbonyl (C=O) groups excluding carboxylic acids is 2. The third-order valence-electron chi connectivity index (χ3n) is 5.09. The average molecular weight is 563 g/mol. The van der Waals surface area contributed by atoms with E-state index in [2.05, 4.69) is 10.6 Å². The van der Waals surface area contributed by atoms with Crippen LogP contribution in [0.15, 0.2) is 42.0 Å². The van der Waals surface area contributed by atoms with Gasteiger partial charge in [-0.1, -0.05) is 12.8 Å². The van der Waals surface area contributed by atoms with Gasteiger partial charge in [0.15, 0.2) is 18.1 Å². The number of ether oxygens (including phenoxy) is 2. The molecule has 0 unspecified atom stereocenters. The van der Waals surface area contributed by atoms with E-state index >= 15 is 0 Å². The summed E-state index contributed by atoms with van der Waals surface area (Å²) >= 11 is 2.03. The molecule has 0 bridgehead atoms. The van der Waals surface area contributed by atoms with Crippen LogP contribution < -0.4 is 20.1 Å². The fourth-order valence-corrected chi connectivity index (χ4v) is 4.26. The number of anilines is 1. The molecular weight excluding hydrogens is 540 g/mol. The molecule has 9 heteroatoms. The molecule has 33 heavy (non-hydrogen) atoms. The zero-order valence-electron chi connectivity index (χ0n) is 18.0.